The predicted octanol–water partition coefficient (Wildman–Crippen LogP) is 2.33. The van der Waals surface area contributed by atoms with Crippen LogP contribution in [-0.2, 0) is 6.54 Å². The highest BCUT2D eigenvalue weighted by Gasteiger charge is 2.32. The Bertz CT molecular complexity index is 659. The first-order valence-corrected chi connectivity index (χ1v) is 8.75. The molecule has 2 aromatic rings. The number of aromatic nitrogens is 1. The lowest BCUT2D eigenvalue weighted by atomic mass is 10.0. The molecule has 1 aromatic heterocycles. The largest absolute Gasteiger partial charge is 0.388 e. The minimum absolute atomic E-state index is 0.0521. The molecule has 1 aromatic carbocycles. The fourth-order valence-corrected chi connectivity index (χ4v) is 3.72. The zero-order valence-corrected chi connectivity index (χ0v) is 13.7. The summed E-state index contributed by atoms with van der Waals surface area (Å²) in [6.07, 6.45) is 1.89. The Balaban J connectivity index is 1.69. The fraction of sp³-hybridized carbons (Fsp3) is 0.412. The lowest BCUT2D eigenvalue weighted by Crippen LogP contribution is -2.36. The minimum Gasteiger partial charge on any atom is -0.388 e. The molecule has 6 heteroatoms. The number of hydrogen-bond donors (Lipinski definition) is 2. The lowest BCUT2D eigenvalue weighted by Gasteiger charge is -2.26. The number of aliphatic hydroxyl groups excluding tert-OH is 1. The Kier molecular flexibility index (Phi) is 5.05. The smallest absolute Gasteiger partial charge is 0.273 e. The highest BCUT2D eigenvalue weighted by Crippen LogP contribution is 2.28. The van der Waals surface area contributed by atoms with Crippen LogP contribution in [0.4, 0.5) is 0 Å². The molecule has 3 rings (SSSR count). The number of amides is 1. The molecule has 5 nitrogen and oxygen atoms in total. The van der Waals surface area contributed by atoms with Crippen molar-refractivity contribution in [3.63, 3.8) is 0 Å². The van der Waals surface area contributed by atoms with Crippen LogP contribution in [0.25, 0.3) is 0 Å². The summed E-state index contributed by atoms with van der Waals surface area (Å²) in [6, 6.07) is 9.65. The number of benzene rings is 1. The monoisotopic (exact) mass is 331 g/mol. The van der Waals surface area contributed by atoms with Crippen LogP contribution in [0, 0.1) is 0 Å². The third-order valence-electron chi connectivity index (χ3n) is 4.26. The Hall–Kier alpha value is -1.76. The first-order valence-electron chi connectivity index (χ1n) is 7.87. The predicted molar refractivity (Wildman–Crippen MR) is 90.1 cm³/mol. The van der Waals surface area contributed by atoms with Gasteiger partial charge in [-0.1, -0.05) is 30.3 Å². The van der Waals surface area contributed by atoms with Crippen LogP contribution in [-0.4, -0.2) is 33.5 Å². The molecule has 0 radical (unpaired) electrons. The van der Waals surface area contributed by atoms with E-state index in [0.717, 1.165) is 30.0 Å². The number of aliphatic hydroxyl groups is 1. The maximum absolute atomic E-state index is 12.7. The van der Waals surface area contributed by atoms with Crippen LogP contribution >= 0.6 is 11.3 Å². The number of thiazole rings is 1. The summed E-state index contributed by atoms with van der Waals surface area (Å²) in [4.78, 5) is 18.8. The van der Waals surface area contributed by atoms with Crippen molar-refractivity contribution in [3.8, 4) is 0 Å². The zero-order valence-electron chi connectivity index (χ0n) is 12.9. The van der Waals surface area contributed by atoms with E-state index in [1.54, 1.807) is 5.38 Å². The van der Waals surface area contributed by atoms with Gasteiger partial charge in [0.25, 0.3) is 5.91 Å². The second-order valence-electron chi connectivity index (χ2n) is 5.79. The van der Waals surface area contributed by atoms with Crippen molar-refractivity contribution in [2.24, 2.45) is 5.73 Å². The number of carbonyl (C=O) groups is 1. The third-order valence-corrected chi connectivity index (χ3v) is 5.13. The highest BCUT2D eigenvalue weighted by molar-refractivity contribution is 7.09. The number of rotatable bonds is 5. The van der Waals surface area contributed by atoms with Crippen molar-refractivity contribution in [1.82, 2.24) is 9.88 Å². The molecule has 122 valence electrons. The van der Waals surface area contributed by atoms with E-state index >= 15 is 0 Å². The standard InChI is InChI=1S/C17H21N3O2S/c18-10-16-19-14(11-23-16)17(22)20-8-4-7-13(20)9-15(21)12-5-2-1-3-6-12/h1-3,5-6,11,13,15,21H,4,7-10,18H2. The molecule has 2 heterocycles. The molecule has 1 aliphatic heterocycles. The molecule has 0 bridgehead atoms. The van der Waals surface area contributed by atoms with Gasteiger partial charge < -0.3 is 15.7 Å². The summed E-state index contributed by atoms with van der Waals surface area (Å²) in [5, 5.41) is 13.0. The summed E-state index contributed by atoms with van der Waals surface area (Å²) in [7, 11) is 0. The Labute approximate surface area is 139 Å². The van der Waals surface area contributed by atoms with E-state index in [4.69, 9.17) is 5.73 Å². The molecule has 2 unspecified atom stereocenters. The van der Waals surface area contributed by atoms with Crippen LogP contribution in [0.15, 0.2) is 35.7 Å². The normalized spacial score (nSPS) is 19.0. The molecule has 0 spiro atoms. The second kappa shape index (κ2) is 7.21. The van der Waals surface area contributed by atoms with Gasteiger partial charge in [0.1, 0.15) is 10.7 Å². The van der Waals surface area contributed by atoms with Crippen LogP contribution in [0.3, 0.4) is 0 Å². The number of likely N-dealkylation sites (tertiary alicyclic amines) is 1. The number of nitrogens with zero attached hydrogens (tertiary/aromatic N) is 2. The van der Waals surface area contributed by atoms with Crippen LogP contribution in [0.2, 0.25) is 0 Å². The summed E-state index contributed by atoms with van der Waals surface area (Å²) in [5.41, 5.74) is 6.93. The first kappa shape index (κ1) is 16.1. The number of nitrogens with two attached hydrogens (primary N) is 1. The third kappa shape index (κ3) is 3.60. The van der Waals surface area contributed by atoms with Crippen molar-refractivity contribution in [3.05, 3.63) is 52.0 Å². The molecule has 1 saturated heterocycles. The minimum atomic E-state index is -0.551. The number of carbonyl (C=O) groups excluding carboxylic acids is 1. The highest BCUT2D eigenvalue weighted by atomic mass is 32.1. The quantitative estimate of drug-likeness (QED) is 0.881. The molecule has 0 saturated carbocycles. The van der Waals surface area contributed by atoms with E-state index in [0.29, 0.717) is 18.7 Å². The molecular weight excluding hydrogens is 310 g/mol. The zero-order chi connectivity index (χ0) is 16.2. The molecule has 2 atom stereocenters. The van der Waals surface area contributed by atoms with Crippen molar-refractivity contribution < 1.29 is 9.90 Å². The van der Waals surface area contributed by atoms with Crippen molar-refractivity contribution in [1.29, 1.82) is 0 Å². The first-order chi connectivity index (χ1) is 11.2. The fourth-order valence-electron chi connectivity index (χ4n) is 3.07. The summed E-state index contributed by atoms with van der Waals surface area (Å²) < 4.78 is 0. The maximum Gasteiger partial charge on any atom is 0.273 e. The van der Waals surface area contributed by atoms with Gasteiger partial charge in [-0.05, 0) is 24.8 Å². The van der Waals surface area contributed by atoms with Gasteiger partial charge in [0, 0.05) is 24.5 Å². The van der Waals surface area contributed by atoms with Gasteiger partial charge in [-0.2, -0.15) is 0 Å². The Morgan fingerprint density at radius 1 is 1.43 bits per heavy atom. The van der Waals surface area contributed by atoms with Crippen LogP contribution in [0.1, 0.15) is 46.4 Å². The van der Waals surface area contributed by atoms with Gasteiger partial charge in [-0.25, -0.2) is 4.98 Å². The van der Waals surface area contributed by atoms with E-state index in [1.165, 1.54) is 11.3 Å². The van der Waals surface area contributed by atoms with E-state index in [2.05, 4.69) is 4.98 Å². The van der Waals surface area contributed by atoms with E-state index < -0.39 is 6.10 Å². The summed E-state index contributed by atoms with van der Waals surface area (Å²) in [5.74, 6) is -0.0521. The molecule has 0 aliphatic carbocycles. The Morgan fingerprint density at radius 2 is 2.22 bits per heavy atom. The van der Waals surface area contributed by atoms with Gasteiger partial charge in [-0.3, -0.25) is 4.79 Å². The van der Waals surface area contributed by atoms with Crippen molar-refractivity contribution in [2.75, 3.05) is 6.54 Å². The summed E-state index contributed by atoms with van der Waals surface area (Å²) in [6.45, 7) is 1.08. The van der Waals surface area contributed by atoms with E-state index in [1.807, 2.05) is 35.2 Å². The maximum atomic E-state index is 12.7. The van der Waals surface area contributed by atoms with Crippen molar-refractivity contribution in [2.45, 2.75) is 38.0 Å². The molecule has 1 fully saturated rings. The van der Waals surface area contributed by atoms with E-state index in [9.17, 15) is 9.90 Å². The average Bonchev–Trinajstić information content (AvgIpc) is 3.24. The van der Waals surface area contributed by atoms with Gasteiger partial charge in [0.05, 0.1) is 6.10 Å². The molecule has 1 amide bonds. The lowest BCUT2D eigenvalue weighted by molar-refractivity contribution is 0.0662. The SMILES string of the molecule is NCc1nc(C(=O)N2CCCC2CC(O)c2ccccc2)cs1. The summed E-state index contributed by atoms with van der Waals surface area (Å²) >= 11 is 1.42. The van der Waals surface area contributed by atoms with Crippen molar-refractivity contribution >= 4 is 17.2 Å². The van der Waals surface area contributed by atoms with Gasteiger partial charge in [0.15, 0.2) is 0 Å². The average molecular weight is 331 g/mol. The molecular formula is C17H21N3O2S. The van der Waals surface area contributed by atoms with Crippen LogP contribution < -0.4 is 5.73 Å². The molecule has 1 aliphatic rings. The van der Waals surface area contributed by atoms with Gasteiger partial charge in [-0.15, -0.1) is 11.3 Å². The number of hydrogen-bond acceptors (Lipinski definition) is 5. The topological polar surface area (TPSA) is 79.5 Å². The van der Waals surface area contributed by atoms with Gasteiger partial charge in [0.2, 0.25) is 0 Å². The second-order valence-corrected chi connectivity index (χ2v) is 6.73. The Morgan fingerprint density at radius 3 is 2.91 bits per heavy atom. The van der Waals surface area contributed by atoms with E-state index in [-0.39, 0.29) is 11.9 Å². The molecule has 23 heavy (non-hydrogen) atoms. The van der Waals surface area contributed by atoms with Gasteiger partial charge >= 0.3 is 0 Å². The van der Waals surface area contributed by atoms with Crippen LogP contribution in [0.5, 0.6) is 0 Å². The molecule has 3 N–H and O–H groups in total.